The van der Waals surface area contributed by atoms with Gasteiger partial charge in [0.15, 0.2) is 0 Å². The third kappa shape index (κ3) is 3.24. The molecule has 0 bridgehead atoms. The Balaban J connectivity index is 1.80. The zero-order valence-electron chi connectivity index (χ0n) is 13.5. The van der Waals surface area contributed by atoms with Crippen LogP contribution in [-0.2, 0) is 6.42 Å². The Kier molecular flexibility index (Phi) is 4.51. The number of fused-ring (bicyclic) bond motifs is 1. The number of hydrogen-bond acceptors (Lipinski definition) is 3. The number of nitrogens with two attached hydrogens (primary N) is 1. The monoisotopic (exact) mass is 287 g/mol. The molecule has 1 aromatic carbocycles. The summed E-state index contributed by atoms with van der Waals surface area (Å²) in [5.74, 6) is 0. The molecule has 2 unspecified atom stereocenters. The highest BCUT2D eigenvalue weighted by molar-refractivity contribution is 5.56. The highest BCUT2D eigenvalue weighted by atomic mass is 15.3. The maximum Gasteiger partial charge on any atom is 0.0400 e. The van der Waals surface area contributed by atoms with Crippen LogP contribution in [0.15, 0.2) is 18.2 Å². The number of anilines is 1. The van der Waals surface area contributed by atoms with Gasteiger partial charge in [-0.3, -0.25) is 4.90 Å². The van der Waals surface area contributed by atoms with E-state index in [2.05, 4.69) is 41.8 Å². The van der Waals surface area contributed by atoms with Gasteiger partial charge < -0.3 is 10.6 Å². The normalized spacial score (nSPS) is 24.1. The minimum absolute atomic E-state index is 0.276. The first-order valence-corrected chi connectivity index (χ1v) is 8.51. The summed E-state index contributed by atoms with van der Waals surface area (Å²) < 4.78 is 0. The Morgan fingerprint density at radius 1 is 1.29 bits per heavy atom. The van der Waals surface area contributed by atoms with Crippen molar-refractivity contribution in [1.29, 1.82) is 0 Å². The average Bonchev–Trinajstić information content (AvgIpc) is 2.94. The molecular weight excluding hydrogens is 258 g/mol. The van der Waals surface area contributed by atoms with Crippen molar-refractivity contribution in [1.82, 2.24) is 4.90 Å². The van der Waals surface area contributed by atoms with Crippen LogP contribution in [-0.4, -0.2) is 43.2 Å². The van der Waals surface area contributed by atoms with E-state index < -0.39 is 0 Å². The molecule has 0 amide bonds. The summed E-state index contributed by atoms with van der Waals surface area (Å²) in [4.78, 5) is 5.27. The van der Waals surface area contributed by atoms with Crippen molar-refractivity contribution in [3.63, 3.8) is 0 Å². The molecule has 2 aliphatic rings. The fourth-order valence-corrected chi connectivity index (χ4v) is 3.82. The molecule has 0 aliphatic carbocycles. The van der Waals surface area contributed by atoms with Crippen molar-refractivity contribution >= 4 is 5.69 Å². The molecule has 3 rings (SSSR count). The van der Waals surface area contributed by atoms with E-state index >= 15 is 0 Å². The summed E-state index contributed by atoms with van der Waals surface area (Å²) in [7, 11) is 0. The van der Waals surface area contributed by atoms with Gasteiger partial charge in [0.05, 0.1) is 0 Å². The highest BCUT2D eigenvalue weighted by Gasteiger charge is 2.31. The summed E-state index contributed by atoms with van der Waals surface area (Å²) in [5, 5.41) is 0. The second-order valence-electron chi connectivity index (χ2n) is 6.78. The van der Waals surface area contributed by atoms with Gasteiger partial charge in [-0.1, -0.05) is 24.6 Å². The first-order valence-electron chi connectivity index (χ1n) is 8.51. The van der Waals surface area contributed by atoms with E-state index in [1.165, 1.54) is 49.3 Å². The molecule has 3 heteroatoms. The van der Waals surface area contributed by atoms with Crippen molar-refractivity contribution in [2.24, 2.45) is 5.73 Å². The smallest absolute Gasteiger partial charge is 0.0400 e. The van der Waals surface area contributed by atoms with Gasteiger partial charge in [-0.2, -0.15) is 0 Å². The van der Waals surface area contributed by atoms with Gasteiger partial charge in [0.25, 0.3) is 0 Å². The number of piperazine rings is 1. The second-order valence-corrected chi connectivity index (χ2v) is 6.78. The first-order chi connectivity index (χ1) is 10.2. The lowest BCUT2D eigenvalue weighted by molar-refractivity contribution is 0.231. The van der Waals surface area contributed by atoms with Crippen LogP contribution in [0.4, 0.5) is 5.69 Å². The molecule has 0 spiro atoms. The predicted molar refractivity (Wildman–Crippen MR) is 90.0 cm³/mol. The van der Waals surface area contributed by atoms with E-state index in [1.54, 1.807) is 0 Å². The van der Waals surface area contributed by atoms with Gasteiger partial charge in [0.2, 0.25) is 0 Å². The van der Waals surface area contributed by atoms with E-state index in [0.29, 0.717) is 0 Å². The van der Waals surface area contributed by atoms with Crippen LogP contribution in [0.5, 0.6) is 0 Å². The fraction of sp³-hybridized carbons (Fsp3) is 0.667. The summed E-state index contributed by atoms with van der Waals surface area (Å²) in [6, 6.07) is 7.95. The summed E-state index contributed by atoms with van der Waals surface area (Å²) in [5.41, 5.74) is 10.4. The van der Waals surface area contributed by atoms with E-state index in [4.69, 9.17) is 5.73 Å². The number of benzene rings is 1. The lowest BCUT2D eigenvalue weighted by Gasteiger charge is -2.39. The number of aryl methyl sites for hydroxylation is 1. The van der Waals surface area contributed by atoms with Gasteiger partial charge >= 0.3 is 0 Å². The summed E-state index contributed by atoms with van der Waals surface area (Å²) in [6.45, 7) is 9.24. The van der Waals surface area contributed by atoms with Gasteiger partial charge in [-0.05, 0) is 50.8 Å². The van der Waals surface area contributed by atoms with E-state index in [1.807, 2.05) is 0 Å². The van der Waals surface area contributed by atoms with Crippen LogP contribution in [0.1, 0.15) is 37.3 Å². The molecule has 0 radical (unpaired) electrons. The molecule has 1 aromatic rings. The minimum atomic E-state index is 0.276. The molecule has 3 nitrogen and oxygen atoms in total. The molecular formula is C18H29N3. The molecule has 21 heavy (non-hydrogen) atoms. The van der Waals surface area contributed by atoms with Gasteiger partial charge in [-0.25, -0.2) is 0 Å². The van der Waals surface area contributed by atoms with Crippen molar-refractivity contribution in [3.8, 4) is 0 Å². The predicted octanol–water partition coefficient (Wildman–Crippen LogP) is 2.56. The lowest BCUT2D eigenvalue weighted by atomic mass is 9.99. The summed E-state index contributed by atoms with van der Waals surface area (Å²) in [6.07, 6.45) is 4.79. The van der Waals surface area contributed by atoms with Gasteiger partial charge in [-0.15, -0.1) is 0 Å². The molecule has 2 atom stereocenters. The van der Waals surface area contributed by atoms with E-state index in [0.717, 1.165) is 25.4 Å². The summed E-state index contributed by atoms with van der Waals surface area (Å²) >= 11 is 0. The quantitative estimate of drug-likeness (QED) is 0.924. The van der Waals surface area contributed by atoms with Crippen LogP contribution in [0.3, 0.4) is 0 Å². The lowest BCUT2D eigenvalue weighted by Crippen LogP contribution is -2.50. The standard InChI is InChI=1S/C18H29N3/c1-3-16(19)12-15-11-14(2)6-7-18(15)21-10-9-20-8-4-5-17(20)13-21/h6-7,11,16-17H,3-5,8-10,12-13,19H2,1-2H3. The fourth-order valence-electron chi connectivity index (χ4n) is 3.82. The number of rotatable bonds is 4. The Labute approximate surface area is 129 Å². The van der Waals surface area contributed by atoms with Crippen molar-refractivity contribution in [2.45, 2.75) is 51.6 Å². The van der Waals surface area contributed by atoms with E-state index in [-0.39, 0.29) is 6.04 Å². The minimum Gasteiger partial charge on any atom is -0.368 e. The van der Waals surface area contributed by atoms with Crippen molar-refractivity contribution in [2.75, 3.05) is 31.1 Å². The van der Waals surface area contributed by atoms with Crippen molar-refractivity contribution < 1.29 is 0 Å². The van der Waals surface area contributed by atoms with Crippen LogP contribution in [0.2, 0.25) is 0 Å². The third-order valence-corrected chi connectivity index (χ3v) is 5.17. The Morgan fingerprint density at radius 2 is 2.14 bits per heavy atom. The molecule has 2 fully saturated rings. The molecule has 2 N–H and O–H groups in total. The van der Waals surface area contributed by atoms with Crippen LogP contribution in [0.25, 0.3) is 0 Å². The SMILES string of the molecule is CCC(N)Cc1cc(C)ccc1N1CCN2CCCC2C1. The third-order valence-electron chi connectivity index (χ3n) is 5.17. The van der Waals surface area contributed by atoms with Gasteiger partial charge in [0.1, 0.15) is 0 Å². The molecule has 0 saturated carbocycles. The van der Waals surface area contributed by atoms with E-state index in [9.17, 15) is 0 Å². The maximum absolute atomic E-state index is 6.21. The molecule has 2 saturated heterocycles. The second kappa shape index (κ2) is 6.37. The number of hydrogen-bond donors (Lipinski definition) is 1. The van der Waals surface area contributed by atoms with Crippen LogP contribution >= 0.6 is 0 Å². The average molecular weight is 287 g/mol. The number of nitrogens with zero attached hydrogens (tertiary/aromatic N) is 2. The largest absolute Gasteiger partial charge is 0.368 e. The molecule has 2 aliphatic heterocycles. The van der Waals surface area contributed by atoms with Crippen molar-refractivity contribution in [3.05, 3.63) is 29.3 Å². The van der Waals surface area contributed by atoms with Crippen LogP contribution < -0.4 is 10.6 Å². The Hall–Kier alpha value is -1.06. The maximum atomic E-state index is 6.21. The molecule has 0 aromatic heterocycles. The molecule has 2 heterocycles. The first kappa shape index (κ1) is 14.9. The highest BCUT2D eigenvalue weighted by Crippen LogP contribution is 2.29. The Morgan fingerprint density at radius 3 is 2.95 bits per heavy atom. The van der Waals surface area contributed by atoms with Gasteiger partial charge in [0, 0.05) is 37.4 Å². The Bertz CT molecular complexity index is 485. The van der Waals surface area contributed by atoms with Crippen LogP contribution in [0, 0.1) is 6.92 Å². The zero-order chi connectivity index (χ0) is 14.8. The topological polar surface area (TPSA) is 32.5 Å². The molecule has 116 valence electrons. The zero-order valence-corrected chi connectivity index (χ0v) is 13.5.